The highest BCUT2D eigenvalue weighted by Gasteiger charge is 2.30. The van der Waals surface area contributed by atoms with E-state index in [1.54, 1.807) is 12.1 Å². The maximum atomic E-state index is 13.8. The molecule has 4 heteroatoms. The van der Waals surface area contributed by atoms with Gasteiger partial charge in [-0.1, -0.05) is 11.6 Å². The van der Waals surface area contributed by atoms with Gasteiger partial charge in [0.15, 0.2) is 0 Å². The van der Waals surface area contributed by atoms with Crippen LogP contribution in [-0.4, -0.2) is 48.9 Å². The number of aryl methyl sites for hydroxylation is 1. The molecule has 0 saturated carbocycles. The molecule has 1 saturated heterocycles. The van der Waals surface area contributed by atoms with Crippen molar-refractivity contribution in [2.24, 2.45) is 0 Å². The number of rotatable bonds is 3. The zero-order valence-corrected chi connectivity index (χ0v) is 11.8. The van der Waals surface area contributed by atoms with Crippen LogP contribution in [0.5, 0.6) is 0 Å². The molecule has 2 rings (SSSR count). The monoisotopic (exact) mass is 264 g/mol. The van der Waals surface area contributed by atoms with Crippen molar-refractivity contribution in [1.29, 1.82) is 0 Å². The normalized spacial score (nSPS) is 19.2. The largest absolute Gasteiger partial charge is 0.334 e. The van der Waals surface area contributed by atoms with Gasteiger partial charge in [0.2, 0.25) is 0 Å². The lowest BCUT2D eigenvalue weighted by Gasteiger charge is -2.27. The zero-order chi connectivity index (χ0) is 14.0. The molecule has 1 unspecified atom stereocenters. The molecule has 3 nitrogen and oxygen atoms in total. The van der Waals surface area contributed by atoms with E-state index >= 15 is 0 Å². The Labute approximate surface area is 114 Å². The van der Waals surface area contributed by atoms with Gasteiger partial charge in [-0.25, -0.2) is 4.39 Å². The predicted molar refractivity (Wildman–Crippen MR) is 73.7 cm³/mol. The van der Waals surface area contributed by atoms with Crippen molar-refractivity contribution in [1.82, 2.24) is 9.80 Å². The molecule has 1 heterocycles. The number of carbonyl (C=O) groups excluding carboxylic acids is 1. The fraction of sp³-hybridized carbons (Fsp3) is 0.533. The molecule has 1 amide bonds. The highest BCUT2D eigenvalue weighted by atomic mass is 19.1. The lowest BCUT2D eigenvalue weighted by molar-refractivity contribution is 0.0711. The molecule has 1 atom stereocenters. The van der Waals surface area contributed by atoms with Crippen LogP contribution in [0.2, 0.25) is 0 Å². The Bertz CT molecular complexity index is 473. The third kappa shape index (κ3) is 3.13. The van der Waals surface area contributed by atoms with Crippen molar-refractivity contribution < 1.29 is 9.18 Å². The second-order valence-corrected chi connectivity index (χ2v) is 5.54. The summed E-state index contributed by atoms with van der Waals surface area (Å²) in [4.78, 5) is 16.4. The SMILES string of the molecule is Cc1ccc(F)c(C(=O)N2CCCC2CN(C)C)c1. The molecule has 0 N–H and O–H groups in total. The van der Waals surface area contributed by atoms with E-state index in [4.69, 9.17) is 0 Å². The standard InChI is InChI=1S/C15H21FN2O/c1-11-6-7-14(16)13(9-11)15(19)18-8-4-5-12(18)10-17(2)3/h6-7,9,12H,4-5,8,10H2,1-3H3. The summed E-state index contributed by atoms with van der Waals surface area (Å²) in [6, 6.07) is 4.90. The van der Waals surface area contributed by atoms with Crippen molar-refractivity contribution in [2.75, 3.05) is 27.2 Å². The van der Waals surface area contributed by atoms with Crippen molar-refractivity contribution in [3.8, 4) is 0 Å². The van der Waals surface area contributed by atoms with Crippen molar-refractivity contribution in [3.05, 3.63) is 35.1 Å². The van der Waals surface area contributed by atoms with Crippen LogP contribution in [0.25, 0.3) is 0 Å². The van der Waals surface area contributed by atoms with Crippen LogP contribution >= 0.6 is 0 Å². The summed E-state index contributed by atoms with van der Waals surface area (Å²) in [5, 5.41) is 0. The number of nitrogens with zero attached hydrogens (tertiary/aromatic N) is 2. The van der Waals surface area contributed by atoms with Crippen molar-refractivity contribution >= 4 is 5.91 Å². The maximum Gasteiger partial charge on any atom is 0.257 e. The molecule has 0 radical (unpaired) electrons. The number of amides is 1. The van der Waals surface area contributed by atoms with E-state index < -0.39 is 5.82 Å². The number of carbonyl (C=O) groups is 1. The zero-order valence-electron chi connectivity index (χ0n) is 11.8. The highest BCUT2D eigenvalue weighted by Crippen LogP contribution is 2.22. The Morgan fingerprint density at radius 3 is 2.89 bits per heavy atom. The minimum absolute atomic E-state index is 0.175. The molecule has 19 heavy (non-hydrogen) atoms. The van der Waals surface area contributed by atoms with Gasteiger partial charge in [0.05, 0.1) is 5.56 Å². The Morgan fingerprint density at radius 2 is 2.21 bits per heavy atom. The predicted octanol–water partition coefficient (Wildman–Crippen LogP) is 2.30. The molecule has 1 aromatic rings. The summed E-state index contributed by atoms with van der Waals surface area (Å²) in [5.74, 6) is -0.600. The summed E-state index contributed by atoms with van der Waals surface area (Å²) < 4.78 is 13.8. The summed E-state index contributed by atoms with van der Waals surface area (Å²) in [6.45, 7) is 3.43. The molecule has 0 bridgehead atoms. The van der Waals surface area contributed by atoms with Gasteiger partial charge in [-0.2, -0.15) is 0 Å². The van der Waals surface area contributed by atoms with E-state index in [-0.39, 0.29) is 17.5 Å². The first kappa shape index (κ1) is 14.0. The van der Waals surface area contributed by atoms with Crippen LogP contribution < -0.4 is 0 Å². The van der Waals surface area contributed by atoms with Gasteiger partial charge in [0, 0.05) is 19.1 Å². The highest BCUT2D eigenvalue weighted by molar-refractivity contribution is 5.95. The number of halogens is 1. The first-order valence-corrected chi connectivity index (χ1v) is 6.71. The van der Waals surface area contributed by atoms with Crippen LogP contribution in [0.15, 0.2) is 18.2 Å². The van der Waals surface area contributed by atoms with Gasteiger partial charge in [0.25, 0.3) is 5.91 Å². The van der Waals surface area contributed by atoms with Gasteiger partial charge < -0.3 is 9.80 Å². The Hall–Kier alpha value is -1.42. The van der Waals surface area contributed by atoms with E-state index in [1.807, 2.05) is 25.9 Å². The third-order valence-electron chi connectivity index (χ3n) is 3.57. The summed E-state index contributed by atoms with van der Waals surface area (Å²) >= 11 is 0. The van der Waals surface area contributed by atoms with Gasteiger partial charge in [-0.3, -0.25) is 4.79 Å². The topological polar surface area (TPSA) is 23.6 Å². The second-order valence-electron chi connectivity index (χ2n) is 5.54. The smallest absolute Gasteiger partial charge is 0.257 e. The molecule has 1 aliphatic heterocycles. The fourth-order valence-electron chi connectivity index (χ4n) is 2.67. The first-order valence-electron chi connectivity index (χ1n) is 6.71. The van der Waals surface area contributed by atoms with E-state index in [0.717, 1.165) is 31.5 Å². The number of likely N-dealkylation sites (N-methyl/N-ethyl adjacent to an activating group) is 1. The lowest BCUT2D eigenvalue weighted by atomic mass is 10.1. The van der Waals surface area contributed by atoms with Crippen LogP contribution in [-0.2, 0) is 0 Å². The molecule has 0 spiro atoms. The number of benzene rings is 1. The number of likely N-dealkylation sites (tertiary alicyclic amines) is 1. The Kier molecular flexibility index (Phi) is 4.20. The minimum atomic E-state index is -0.425. The van der Waals surface area contributed by atoms with E-state index in [1.165, 1.54) is 6.07 Å². The third-order valence-corrected chi connectivity index (χ3v) is 3.57. The number of hydrogen-bond acceptors (Lipinski definition) is 2. The minimum Gasteiger partial charge on any atom is -0.334 e. The summed E-state index contributed by atoms with van der Waals surface area (Å²) in [6.07, 6.45) is 2.00. The average molecular weight is 264 g/mol. The molecular weight excluding hydrogens is 243 g/mol. The average Bonchev–Trinajstić information content (AvgIpc) is 2.78. The van der Waals surface area contributed by atoms with Gasteiger partial charge in [0.1, 0.15) is 5.82 Å². The van der Waals surface area contributed by atoms with Crippen LogP contribution in [0.3, 0.4) is 0 Å². The molecule has 1 aromatic carbocycles. The second kappa shape index (κ2) is 5.70. The van der Waals surface area contributed by atoms with Gasteiger partial charge >= 0.3 is 0 Å². The van der Waals surface area contributed by atoms with Crippen molar-refractivity contribution in [2.45, 2.75) is 25.8 Å². The van der Waals surface area contributed by atoms with E-state index in [0.29, 0.717) is 0 Å². The van der Waals surface area contributed by atoms with Gasteiger partial charge in [-0.05, 0) is 46.0 Å². The van der Waals surface area contributed by atoms with E-state index in [9.17, 15) is 9.18 Å². The van der Waals surface area contributed by atoms with Gasteiger partial charge in [-0.15, -0.1) is 0 Å². The quantitative estimate of drug-likeness (QED) is 0.836. The van der Waals surface area contributed by atoms with Crippen LogP contribution in [0.4, 0.5) is 4.39 Å². The molecule has 0 aliphatic carbocycles. The first-order chi connectivity index (χ1) is 8.99. The van der Waals surface area contributed by atoms with Crippen molar-refractivity contribution in [3.63, 3.8) is 0 Å². The lowest BCUT2D eigenvalue weighted by Crippen LogP contribution is -2.41. The summed E-state index contributed by atoms with van der Waals surface area (Å²) in [7, 11) is 3.99. The molecule has 1 aliphatic rings. The van der Waals surface area contributed by atoms with Crippen LogP contribution in [0.1, 0.15) is 28.8 Å². The molecule has 0 aromatic heterocycles. The number of hydrogen-bond donors (Lipinski definition) is 0. The maximum absolute atomic E-state index is 13.8. The fourth-order valence-corrected chi connectivity index (χ4v) is 2.67. The summed E-state index contributed by atoms with van der Waals surface area (Å²) in [5.41, 5.74) is 1.11. The van der Waals surface area contributed by atoms with Crippen LogP contribution in [0, 0.1) is 12.7 Å². The molecule has 1 fully saturated rings. The van der Waals surface area contributed by atoms with E-state index in [2.05, 4.69) is 4.90 Å². The Morgan fingerprint density at radius 1 is 1.47 bits per heavy atom. The molecule has 104 valence electrons. The Balaban J connectivity index is 2.20. The molecular formula is C15H21FN2O.